The van der Waals surface area contributed by atoms with Crippen molar-refractivity contribution < 1.29 is 13.6 Å². The summed E-state index contributed by atoms with van der Waals surface area (Å²) < 4.78 is 26.9. The Kier molecular flexibility index (Phi) is 9.01. The molecule has 0 bridgehead atoms. The zero-order valence-electron chi connectivity index (χ0n) is 16.1. The Morgan fingerprint density at radius 3 is 2.89 bits per heavy atom. The van der Waals surface area contributed by atoms with Gasteiger partial charge in [0.15, 0.2) is 5.96 Å². The van der Waals surface area contributed by atoms with Crippen LogP contribution in [-0.2, 0) is 11.2 Å². The lowest BCUT2D eigenvalue weighted by Crippen LogP contribution is -2.38. The second-order valence-corrected chi connectivity index (χ2v) is 6.72. The number of hydrogen-bond donors (Lipinski definition) is 2. The summed E-state index contributed by atoms with van der Waals surface area (Å²) >= 11 is 0. The predicted molar refractivity (Wildman–Crippen MR) is 104 cm³/mol. The largest absolute Gasteiger partial charge is 0.357 e. The number of carbonyl (C=O) groups excluding carboxylic acids is 1. The molecule has 1 amide bonds. The molecule has 1 aromatic carbocycles. The minimum atomic E-state index is -0.435. The molecule has 2 rings (SSSR count). The van der Waals surface area contributed by atoms with E-state index < -0.39 is 11.6 Å². The number of amides is 1. The summed E-state index contributed by atoms with van der Waals surface area (Å²) in [5.74, 6) is 0.0624. The zero-order valence-corrected chi connectivity index (χ0v) is 16.1. The fourth-order valence-corrected chi connectivity index (χ4v) is 3.12. The molecule has 7 heteroatoms. The van der Waals surface area contributed by atoms with Gasteiger partial charge in [0.2, 0.25) is 5.91 Å². The number of halogens is 2. The van der Waals surface area contributed by atoms with Gasteiger partial charge in [-0.25, -0.2) is 8.78 Å². The molecule has 5 nitrogen and oxygen atoms in total. The van der Waals surface area contributed by atoms with Crippen LogP contribution in [0.5, 0.6) is 0 Å². The molecule has 1 fully saturated rings. The number of guanidine groups is 1. The number of nitrogens with zero attached hydrogens (tertiary/aromatic N) is 2. The lowest BCUT2D eigenvalue weighted by Gasteiger charge is -2.20. The van der Waals surface area contributed by atoms with E-state index in [1.54, 1.807) is 0 Å². The van der Waals surface area contributed by atoms with Crippen molar-refractivity contribution in [3.05, 3.63) is 35.4 Å². The Morgan fingerprint density at radius 2 is 2.07 bits per heavy atom. The van der Waals surface area contributed by atoms with Crippen LogP contribution in [0.25, 0.3) is 0 Å². The highest BCUT2D eigenvalue weighted by atomic mass is 19.1. The molecule has 0 aliphatic carbocycles. The summed E-state index contributed by atoms with van der Waals surface area (Å²) in [5, 5.41) is 6.28. The number of carbonyl (C=O) groups is 1. The van der Waals surface area contributed by atoms with Crippen LogP contribution >= 0.6 is 0 Å². The lowest BCUT2D eigenvalue weighted by molar-refractivity contribution is -0.130. The molecule has 1 aliphatic rings. The first kappa shape index (κ1) is 21.1. The van der Waals surface area contributed by atoms with Crippen molar-refractivity contribution in [3.8, 4) is 0 Å². The van der Waals surface area contributed by atoms with Crippen LogP contribution in [0.1, 0.15) is 44.6 Å². The minimum Gasteiger partial charge on any atom is -0.357 e. The van der Waals surface area contributed by atoms with Crippen LogP contribution < -0.4 is 10.6 Å². The van der Waals surface area contributed by atoms with E-state index in [9.17, 15) is 13.6 Å². The SMILES string of the molecule is CCNC(=NCCCN1CCCCCC1=O)NCCc1cc(F)ccc1F. The van der Waals surface area contributed by atoms with E-state index in [1.807, 2.05) is 11.8 Å². The van der Waals surface area contributed by atoms with E-state index in [-0.39, 0.29) is 5.91 Å². The molecule has 0 atom stereocenters. The summed E-state index contributed by atoms with van der Waals surface area (Å²) in [4.78, 5) is 18.4. The number of rotatable bonds is 8. The van der Waals surface area contributed by atoms with Crippen molar-refractivity contribution in [1.82, 2.24) is 15.5 Å². The minimum absolute atomic E-state index is 0.249. The first-order valence-electron chi connectivity index (χ1n) is 9.84. The van der Waals surface area contributed by atoms with Crippen molar-refractivity contribution >= 4 is 11.9 Å². The third kappa shape index (κ3) is 7.53. The van der Waals surface area contributed by atoms with E-state index in [0.29, 0.717) is 44.0 Å². The average molecular weight is 380 g/mol. The molecular formula is C20H30F2N4O. The molecule has 2 N–H and O–H groups in total. The Bertz CT molecular complexity index is 636. The zero-order chi connectivity index (χ0) is 19.5. The van der Waals surface area contributed by atoms with Gasteiger partial charge in [-0.05, 0) is 56.4 Å². The fourth-order valence-electron chi connectivity index (χ4n) is 3.12. The molecule has 27 heavy (non-hydrogen) atoms. The first-order chi connectivity index (χ1) is 13.1. The molecular weight excluding hydrogens is 350 g/mol. The van der Waals surface area contributed by atoms with Crippen LogP contribution in [-0.4, -0.2) is 49.5 Å². The van der Waals surface area contributed by atoms with E-state index >= 15 is 0 Å². The molecule has 0 radical (unpaired) electrons. The maximum atomic E-state index is 13.7. The summed E-state index contributed by atoms with van der Waals surface area (Å²) in [6, 6.07) is 3.49. The van der Waals surface area contributed by atoms with Gasteiger partial charge >= 0.3 is 0 Å². The molecule has 0 saturated carbocycles. The van der Waals surface area contributed by atoms with Crippen LogP contribution in [0.3, 0.4) is 0 Å². The summed E-state index contributed by atoms with van der Waals surface area (Å²) in [6.07, 6.45) is 5.03. The van der Waals surface area contributed by atoms with Crippen molar-refractivity contribution in [2.45, 2.75) is 45.4 Å². The number of nitrogens with one attached hydrogen (secondary N) is 2. The smallest absolute Gasteiger partial charge is 0.222 e. The van der Waals surface area contributed by atoms with Gasteiger partial charge in [0.25, 0.3) is 0 Å². The highest BCUT2D eigenvalue weighted by Crippen LogP contribution is 2.11. The van der Waals surface area contributed by atoms with E-state index in [0.717, 1.165) is 50.9 Å². The van der Waals surface area contributed by atoms with E-state index in [1.165, 1.54) is 6.07 Å². The number of likely N-dealkylation sites (tertiary alicyclic amines) is 1. The van der Waals surface area contributed by atoms with Crippen molar-refractivity contribution in [2.75, 3.05) is 32.7 Å². The van der Waals surface area contributed by atoms with Crippen molar-refractivity contribution in [3.63, 3.8) is 0 Å². The lowest BCUT2D eigenvalue weighted by atomic mass is 10.1. The average Bonchev–Trinajstić information content (AvgIpc) is 2.85. The van der Waals surface area contributed by atoms with E-state index in [2.05, 4.69) is 15.6 Å². The molecule has 0 spiro atoms. The quantitative estimate of drug-likeness (QED) is 0.414. The molecule has 0 aromatic heterocycles. The molecule has 1 saturated heterocycles. The Morgan fingerprint density at radius 1 is 1.22 bits per heavy atom. The Balaban J connectivity index is 1.76. The third-order valence-electron chi connectivity index (χ3n) is 4.57. The summed E-state index contributed by atoms with van der Waals surface area (Å²) in [5.41, 5.74) is 0.345. The number of benzene rings is 1. The van der Waals surface area contributed by atoms with E-state index in [4.69, 9.17) is 0 Å². The van der Waals surface area contributed by atoms with Crippen LogP contribution in [0.2, 0.25) is 0 Å². The van der Waals surface area contributed by atoms with Crippen LogP contribution in [0, 0.1) is 11.6 Å². The van der Waals surface area contributed by atoms with Crippen LogP contribution in [0.15, 0.2) is 23.2 Å². The molecule has 1 heterocycles. The number of hydrogen-bond acceptors (Lipinski definition) is 2. The van der Waals surface area contributed by atoms with Crippen molar-refractivity contribution in [2.24, 2.45) is 4.99 Å². The molecule has 150 valence electrons. The second kappa shape index (κ2) is 11.5. The third-order valence-corrected chi connectivity index (χ3v) is 4.57. The van der Waals surface area contributed by atoms with Crippen LogP contribution in [0.4, 0.5) is 8.78 Å². The fraction of sp³-hybridized carbons (Fsp3) is 0.600. The highest BCUT2D eigenvalue weighted by Gasteiger charge is 2.15. The normalized spacial score (nSPS) is 15.6. The molecule has 0 unspecified atom stereocenters. The monoisotopic (exact) mass is 380 g/mol. The molecule has 1 aliphatic heterocycles. The van der Waals surface area contributed by atoms with Gasteiger partial charge in [-0.1, -0.05) is 6.42 Å². The first-order valence-corrected chi connectivity index (χ1v) is 9.84. The second-order valence-electron chi connectivity index (χ2n) is 6.72. The van der Waals surface area contributed by atoms with Gasteiger partial charge in [0, 0.05) is 39.1 Å². The topological polar surface area (TPSA) is 56.7 Å². The number of aliphatic imine (C=N–C) groups is 1. The van der Waals surface area contributed by atoms with Gasteiger partial charge in [0.1, 0.15) is 11.6 Å². The van der Waals surface area contributed by atoms with Gasteiger partial charge in [0.05, 0.1) is 0 Å². The summed E-state index contributed by atoms with van der Waals surface area (Å²) in [6.45, 7) is 5.32. The highest BCUT2D eigenvalue weighted by molar-refractivity contribution is 5.79. The molecule has 1 aromatic rings. The maximum Gasteiger partial charge on any atom is 0.222 e. The maximum absolute atomic E-state index is 13.7. The van der Waals surface area contributed by atoms with Gasteiger partial charge in [-0.3, -0.25) is 9.79 Å². The van der Waals surface area contributed by atoms with Gasteiger partial charge in [-0.2, -0.15) is 0 Å². The standard InChI is InChI=1S/C20H30F2N4O/c1-2-23-20(25-12-10-16-15-17(21)8-9-18(16)22)24-11-6-14-26-13-5-3-4-7-19(26)27/h8-9,15H,2-7,10-14H2,1H3,(H2,23,24,25). The predicted octanol–water partition coefficient (Wildman–Crippen LogP) is 2.86. The Labute approximate surface area is 160 Å². The Hall–Kier alpha value is -2.18. The van der Waals surface area contributed by atoms with Gasteiger partial charge in [-0.15, -0.1) is 0 Å². The summed E-state index contributed by atoms with van der Waals surface area (Å²) in [7, 11) is 0. The van der Waals surface area contributed by atoms with Gasteiger partial charge < -0.3 is 15.5 Å². The van der Waals surface area contributed by atoms with Crippen molar-refractivity contribution in [1.29, 1.82) is 0 Å².